The molecular formula is C12H16N4O2S. The minimum absolute atomic E-state index is 0.346. The number of nitrogens with two attached hydrogens (primary N) is 1. The van der Waals surface area contributed by atoms with E-state index in [2.05, 4.69) is 6.07 Å². The minimum Gasteiger partial charge on any atom is -0.369 e. The second-order valence-electron chi connectivity index (χ2n) is 4.41. The van der Waals surface area contributed by atoms with Crippen molar-refractivity contribution in [3.05, 3.63) is 29.8 Å². The van der Waals surface area contributed by atoms with Crippen LogP contribution < -0.4 is 10.0 Å². The smallest absolute Gasteiger partial charge is 0.276 e. The van der Waals surface area contributed by atoms with Crippen LogP contribution in [0.3, 0.4) is 0 Å². The molecular weight excluding hydrogens is 264 g/mol. The fraction of sp³-hybridized carbons (Fsp3) is 0.417. The summed E-state index contributed by atoms with van der Waals surface area (Å²) in [5.41, 5.74) is 1.45. The first-order valence-electron chi connectivity index (χ1n) is 6.04. The maximum absolute atomic E-state index is 11.3. The largest absolute Gasteiger partial charge is 0.369 e. The molecule has 1 aliphatic rings. The third kappa shape index (κ3) is 3.23. The van der Waals surface area contributed by atoms with Crippen molar-refractivity contribution in [2.45, 2.75) is 6.42 Å². The highest BCUT2D eigenvalue weighted by atomic mass is 32.2. The Morgan fingerprint density at radius 1 is 1.16 bits per heavy atom. The zero-order valence-corrected chi connectivity index (χ0v) is 11.3. The first-order chi connectivity index (χ1) is 9.02. The average molecular weight is 280 g/mol. The summed E-state index contributed by atoms with van der Waals surface area (Å²) in [5, 5.41) is 14.2. The lowest BCUT2D eigenvalue weighted by Gasteiger charge is -2.23. The normalized spacial score (nSPS) is 17.8. The second kappa shape index (κ2) is 5.57. The van der Waals surface area contributed by atoms with Crippen LogP contribution in [-0.2, 0) is 10.2 Å². The molecule has 19 heavy (non-hydrogen) atoms. The molecule has 0 bridgehead atoms. The molecule has 1 heterocycles. The Labute approximate surface area is 113 Å². The van der Waals surface area contributed by atoms with Gasteiger partial charge in [-0.3, -0.25) is 0 Å². The standard InChI is InChI=1S/C12H16N4O2S/c13-10-11-4-1-2-5-12(11)15-6-3-7-16(9-8-15)19(14,17)18/h1-2,4-5H,3,6-9H2,(H2,14,17,18). The minimum atomic E-state index is -3.63. The van der Waals surface area contributed by atoms with Gasteiger partial charge in [-0.05, 0) is 18.6 Å². The monoisotopic (exact) mass is 280 g/mol. The van der Waals surface area contributed by atoms with E-state index in [0.29, 0.717) is 38.2 Å². The Hall–Kier alpha value is -1.62. The van der Waals surface area contributed by atoms with Gasteiger partial charge < -0.3 is 4.90 Å². The highest BCUT2D eigenvalue weighted by molar-refractivity contribution is 7.86. The lowest BCUT2D eigenvalue weighted by molar-refractivity contribution is 0.434. The molecule has 6 nitrogen and oxygen atoms in total. The van der Waals surface area contributed by atoms with Gasteiger partial charge in [0, 0.05) is 26.2 Å². The number of nitriles is 1. The van der Waals surface area contributed by atoms with Crippen molar-refractivity contribution in [2.75, 3.05) is 31.1 Å². The number of hydrogen-bond acceptors (Lipinski definition) is 4. The van der Waals surface area contributed by atoms with Crippen LogP contribution in [0.15, 0.2) is 24.3 Å². The maximum atomic E-state index is 11.3. The first-order valence-corrected chi connectivity index (χ1v) is 7.54. The fourth-order valence-corrected chi connectivity index (χ4v) is 2.95. The van der Waals surface area contributed by atoms with Gasteiger partial charge in [-0.25, -0.2) is 5.14 Å². The number of hydrogen-bond donors (Lipinski definition) is 1. The summed E-state index contributed by atoms with van der Waals surface area (Å²) in [6, 6.07) is 9.49. The Balaban J connectivity index is 2.18. The van der Waals surface area contributed by atoms with Gasteiger partial charge in [0.2, 0.25) is 0 Å². The lowest BCUT2D eigenvalue weighted by Crippen LogP contribution is -2.39. The van der Waals surface area contributed by atoms with Gasteiger partial charge in [-0.2, -0.15) is 18.0 Å². The van der Waals surface area contributed by atoms with Crippen molar-refractivity contribution in [3.63, 3.8) is 0 Å². The van der Waals surface area contributed by atoms with Gasteiger partial charge in [0.15, 0.2) is 0 Å². The molecule has 0 atom stereocenters. The van der Waals surface area contributed by atoms with Crippen LogP contribution in [0.2, 0.25) is 0 Å². The van der Waals surface area contributed by atoms with Gasteiger partial charge in [-0.15, -0.1) is 0 Å². The van der Waals surface area contributed by atoms with Crippen molar-refractivity contribution in [1.82, 2.24) is 4.31 Å². The predicted octanol–water partition coefficient (Wildman–Crippen LogP) is 0.274. The number of rotatable bonds is 2. The molecule has 0 aliphatic carbocycles. The number of para-hydroxylation sites is 1. The van der Waals surface area contributed by atoms with Gasteiger partial charge >= 0.3 is 0 Å². The van der Waals surface area contributed by atoms with E-state index >= 15 is 0 Å². The summed E-state index contributed by atoms with van der Waals surface area (Å²) in [6.45, 7) is 2.02. The molecule has 1 aliphatic heterocycles. The van der Waals surface area contributed by atoms with Crippen LogP contribution in [-0.4, -0.2) is 38.9 Å². The van der Waals surface area contributed by atoms with Crippen LogP contribution in [0, 0.1) is 11.3 Å². The Morgan fingerprint density at radius 3 is 2.58 bits per heavy atom. The quantitative estimate of drug-likeness (QED) is 0.842. The van der Waals surface area contributed by atoms with Crippen molar-refractivity contribution >= 4 is 15.9 Å². The summed E-state index contributed by atoms with van der Waals surface area (Å²) >= 11 is 0. The maximum Gasteiger partial charge on any atom is 0.276 e. The number of anilines is 1. The van der Waals surface area contributed by atoms with Crippen LogP contribution in [0.25, 0.3) is 0 Å². The molecule has 0 spiro atoms. The van der Waals surface area contributed by atoms with E-state index < -0.39 is 10.2 Å². The molecule has 1 aromatic rings. The molecule has 0 aromatic heterocycles. The third-order valence-corrected chi connectivity index (χ3v) is 4.26. The zero-order valence-electron chi connectivity index (χ0n) is 10.5. The SMILES string of the molecule is N#Cc1ccccc1N1CCCN(S(N)(=O)=O)CC1. The number of benzene rings is 1. The van der Waals surface area contributed by atoms with Crippen molar-refractivity contribution < 1.29 is 8.42 Å². The topological polar surface area (TPSA) is 90.4 Å². The van der Waals surface area contributed by atoms with Crippen LogP contribution in [0.1, 0.15) is 12.0 Å². The second-order valence-corrected chi connectivity index (χ2v) is 5.96. The van der Waals surface area contributed by atoms with Crippen LogP contribution in [0.4, 0.5) is 5.69 Å². The predicted molar refractivity (Wildman–Crippen MR) is 72.7 cm³/mol. The molecule has 1 fully saturated rings. The van der Waals surface area contributed by atoms with Crippen molar-refractivity contribution in [1.29, 1.82) is 5.26 Å². The van der Waals surface area contributed by atoms with Gasteiger partial charge in [0.25, 0.3) is 10.2 Å². The van der Waals surface area contributed by atoms with E-state index in [1.165, 1.54) is 4.31 Å². The molecule has 2 N–H and O–H groups in total. The highest BCUT2D eigenvalue weighted by Crippen LogP contribution is 2.21. The summed E-state index contributed by atoms with van der Waals surface area (Å²) in [5.74, 6) is 0. The van der Waals surface area contributed by atoms with E-state index in [4.69, 9.17) is 10.4 Å². The van der Waals surface area contributed by atoms with Crippen molar-refractivity contribution in [2.24, 2.45) is 5.14 Å². The summed E-state index contributed by atoms with van der Waals surface area (Å²) in [7, 11) is -3.63. The van der Waals surface area contributed by atoms with E-state index in [1.54, 1.807) is 6.07 Å². The third-order valence-electron chi connectivity index (χ3n) is 3.18. The van der Waals surface area contributed by atoms with Crippen LogP contribution >= 0.6 is 0 Å². The molecule has 7 heteroatoms. The van der Waals surface area contributed by atoms with E-state index in [-0.39, 0.29) is 0 Å². The molecule has 0 radical (unpaired) electrons. The summed E-state index contributed by atoms with van der Waals surface area (Å²) in [4.78, 5) is 2.03. The van der Waals surface area contributed by atoms with Crippen LogP contribution in [0.5, 0.6) is 0 Å². The zero-order chi connectivity index (χ0) is 13.9. The van der Waals surface area contributed by atoms with E-state index in [0.717, 1.165) is 5.69 Å². The summed E-state index contributed by atoms with van der Waals surface area (Å²) < 4.78 is 24.0. The lowest BCUT2D eigenvalue weighted by atomic mass is 10.1. The molecule has 0 saturated carbocycles. The molecule has 0 unspecified atom stereocenters. The molecule has 1 aromatic carbocycles. The first kappa shape index (κ1) is 13.8. The Kier molecular flexibility index (Phi) is 4.04. The highest BCUT2D eigenvalue weighted by Gasteiger charge is 2.22. The molecule has 0 amide bonds. The number of nitrogens with zero attached hydrogens (tertiary/aromatic N) is 3. The van der Waals surface area contributed by atoms with Crippen molar-refractivity contribution in [3.8, 4) is 6.07 Å². The van der Waals surface area contributed by atoms with Gasteiger partial charge in [0.1, 0.15) is 6.07 Å². The molecule has 102 valence electrons. The molecule has 1 saturated heterocycles. The Bertz CT molecular complexity index is 594. The fourth-order valence-electron chi connectivity index (χ4n) is 2.23. The van der Waals surface area contributed by atoms with E-state index in [9.17, 15) is 8.42 Å². The average Bonchev–Trinajstić information content (AvgIpc) is 2.64. The van der Waals surface area contributed by atoms with Gasteiger partial charge in [-0.1, -0.05) is 12.1 Å². The molecule has 2 rings (SSSR count). The Morgan fingerprint density at radius 2 is 1.89 bits per heavy atom. The van der Waals surface area contributed by atoms with E-state index in [1.807, 2.05) is 23.1 Å². The summed E-state index contributed by atoms with van der Waals surface area (Å²) in [6.07, 6.45) is 0.691. The van der Waals surface area contributed by atoms with Gasteiger partial charge in [0.05, 0.1) is 11.3 Å².